The maximum Gasteiger partial charge on any atom is 0.337 e. The summed E-state index contributed by atoms with van der Waals surface area (Å²) in [5.41, 5.74) is 0.0997. The summed E-state index contributed by atoms with van der Waals surface area (Å²) in [6.07, 6.45) is 1.11. The molecule has 1 aromatic rings. The number of hydrogen-bond acceptors (Lipinski definition) is 4. The van der Waals surface area contributed by atoms with Crippen molar-refractivity contribution >= 4 is 17.8 Å². The highest BCUT2D eigenvalue weighted by Gasteiger charge is 2.17. The van der Waals surface area contributed by atoms with Gasteiger partial charge >= 0.3 is 5.97 Å². The van der Waals surface area contributed by atoms with E-state index >= 15 is 0 Å². The summed E-state index contributed by atoms with van der Waals surface area (Å²) < 4.78 is 0. The number of rotatable bonds is 4. The predicted octanol–water partition coefficient (Wildman–Crippen LogP) is -0.0600. The van der Waals surface area contributed by atoms with Crippen molar-refractivity contribution in [1.82, 2.24) is 14.8 Å². The molecule has 1 aromatic heterocycles. The van der Waals surface area contributed by atoms with Gasteiger partial charge in [-0.25, -0.2) is 4.79 Å². The lowest BCUT2D eigenvalue weighted by Gasteiger charge is -2.18. The summed E-state index contributed by atoms with van der Waals surface area (Å²) in [6, 6.07) is 2.62. The Morgan fingerprint density at radius 1 is 1.21 bits per heavy atom. The number of likely N-dealkylation sites (N-methyl/N-ethyl adjacent to an activating group) is 2. The molecule has 7 heteroatoms. The fraction of sp³-hybridized carbons (Fsp3) is 0.333. The molecule has 0 aliphatic heterocycles. The molecule has 1 N–H and O–H groups in total. The van der Waals surface area contributed by atoms with Crippen LogP contribution in [0.2, 0.25) is 0 Å². The van der Waals surface area contributed by atoms with Gasteiger partial charge in [-0.3, -0.25) is 14.6 Å². The molecule has 1 heterocycles. The normalized spacial score (nSPS) is 9.84. The Morgan fingerprint density at radius 3 is 2.26 bits per heavy atom. The van der Waals surface area contributed by atoms with Crippen molar-refractivity contribution in [1.29, 1.82) is 0 Å². The highest BCUT2D eigenvalue weighted by molar-refractivity contribution is 5.95. The average molecular weight is 265 g/mol. The maximum absolute atomic E-state index is 11.9. The lowest BCUT2D eigenvalue weighted by atomic mass is 10.2. The molecule has 0 atom stereocenters. The van der Waals surface area contributed by atoms with Gasteiger partial charge < -0.3 is 14.9 Å². The van der Waals surface area contributed by atoms with E-state index < -0.39 is 11.9 Å². The van der Waals surface area contributed by atoms with Crippen molar-refractivity contribution in [3.63, 3.8) is 0 Å². The number of aromatic nitrogens is 1. The number of nitrogens with zero attached hydrogens (tertiary/aromatic N) is 3. The second-order valence-corrected chi connectivity index (χ2v) is 4.19. The Bertz CT molecular complexity index is 496. The molecule has 0 aromatic carbocycles. The van der Waals surface area contributed by atoms with Crippen LogP contribution < -0.4 is 0 Å². The molecule has 0 saturated carbocycles. The molecule has 0 spiro atoms. The molecule has 0 unspecified atom stereocenters. The van der Waals surface area contributed by atoms with Crippen molar-refractivity contribution in [3.8, 4) is 0 Å². The zero-order valence-electron chi connectivity index (χ0n) is 11.0. The number of carbonyl (C=O) groups excluding carboxylic acids is 2. The molecule has 0 radical (unpaired) electrons. The van der Waals surface area contributed by atoms with E-state index in [1.807, 2.05) is 0 Å². The van der Waals surface area contributed by atoms with E-state index in [9.17, 15) is 14.4 Å². The van der Waals surface area contributed by atoms with Crippen LogP contribution in [-0.2, 0) is 4.79 Å². The number of carbonyl (C=O) groups is 3. The van der Waals surface area contributed by atoms with E-state index in [1.54, 1.807) is 14.1 Å². The third-order valence-electron chi connectivity index (χ3n) is 2.45. The Morgan fingerprint density at radius 2 is 1.84 bits per heavy atom. The molecule has 1 rings (SSSR count). The Labute approximate surface area is 110 Å². The summed E-state index contributed by atoms with van der Waals surface area (Å²) in [4.78, 5) is 40.4. The summed E-state index contributed by atoms with van der Waals surface area (Å²) in [5.74, 6) is -1.76. The monoisotopic (exact) mass is 265 g/mol. The minimum atomic E-state index is -1.11. The molecule has 7 nitrogen and oxygen atoms in total. The Kier molecular flexibility index (Phi) is 4.57. The van der Waals surface area contributed by atoms with Crippen LogP contribution >= 0.6 is 0 Å². The zero-order chi connectivity index (χ0) is 14.6. The van der Waals surface area contributed by atoms with E-state index in [-0.39, 0.29) is 23.7 Å². The zero-order valence-corrected chi connectivity index (χ0v) is 11.0. The SMILES string of the molecule is CN(C)C(=O)CN(C)C(=O)c1ccc(C(=O)O)cn1. The largest absolute Gasteiger partial charge is 0.478 e. The van der Waals surface area contributed by atoms with Crippen LogP contribution in [0.3, 0.4) is 0 Å². The third-order valence-corrected chi connectivity index (χ3v) is 2.45. The highest BCUT2D eigenvalue weighted by Crippen LogP contribution is 2.03. The van der Waals surface area contributed by atoms with E-state index in [0.717, 1.165) is 6.20 Å². The van der Waals surface area contributed by atoms with Crippen molar-refractivity contribution in [2.24, 2.45) is 0 Å². The van der Waals surface area contributed by atoms with Crippen LogP contribution in [0.5, 0.6) is 0 Å². The number of hydrogen-bond donors (Lipinski definition) is 1. The summed E-state index contributed by atoms with van der Waals surface area (Å²) in [5, 5.41) is 8.72. The van der Waals surface area contributed by atoms with Crippen LogP contribution in [0.15, 0.2) is 18.3 Å². The van der Waals surface area contributed by atoms with Gasteiger partial charge in [-0.15, -0.1) is 0 Å². The molecular weight excluding hydrogens is 250 g/mol. The van der Waals surface area contributed by atoms with E-state index in [0.29, 0.717) is 0 Å². The van der Waals surface area contributed by atoms with Gasteiger partial charge in [-0.2, -0.15) is 0 Å². The van der Waals surface area contributed by atoms with Gasteiger partial charge in [0.05, 0.1) is 12.1 Å². The van der Waals surface area contributed by atoms with Gasteiger partial charge in [-0.1, -0.05) is 0 Å². The van der Waals surface area contributed by atoms with Crippen LogP contribution in [0.25, 0.3) is 0 Å². The molecule has 2 amide bonds. The predicted molar refractivity (Wildman–Crippen MR) is 66.9 cm³/mol. The van der Waals surface area contributed by atoms with Crippen molar-refractivity contribution in [3.05, 3.63) is 29.6 Å². The third kappa shape index (κ3) is 3.77. The smallest absolute Gasteiger partial charge is 0.337 e. The number of pyridine rings is 1. The number of aromatic carboxylic acids is 1. The minimum absolute atomic E-state index is 0.00331. The molecule has 0 saturated heterocycles. The number of carboxylic acids is 1. The number of carboxylic acid groups (broad SMARTS) is 1. The topological polar surface area (TPSA) is 90.8 Å². The fourth-order valence-corrected chi connectivity index (χ4v) is 1.26. The summed E-state index contributed by atoms with van der Waals surface area (Å²) in [6.45, 7) is -0.0613. The second-order valence-electron chi connectivity index (χ2n) is 4.19. The summed E-state index contributed by atoms with van der Waals surface area (Å²) >= 11 is 0. The average Bonchev–Trinajstić information content (AvgIpc) is 2.37. The molecule has 0 bridgehead atoms. The molecule has 0 aliphatic rings. The van der Waals surface area contributed by atoms with E-state index in [4.69, 9.17) is 5.11 Å². The van der Waals surface area contributed by atoms with E-state index in [1.165, 1.54) is 29.0 Å². The van der Waals surface area contributed by atoms with Gasteiger partial charge in [0.2, 0.25) is 5.91 Å². The lowest BCUT2D eigenvalue weighted by Crippen LogP contribution is -2.38. The highest BCUT2D eigenvalue weighted by atomic mass is 16.4. The molecule has 0 aliphatic carbocycles. The van der Waals surface area contributed by atoms with Gasteiger partial charge in [0.1, 0.15) is 5.69 Å². The standard InChI is InChI=1S/C12H15N3O4/c1-14(2)10(16)7-15(3)11(17)9-5-4-8(6-13-9)12(18)19/h4-6H,7H2,1-3H3,(H,18,19). The number of amides is 2. The first-order valence-electron chi connectivity index (χ1n) is 5.48. The fourth-order valence-electron chi connectivity index (χ4n) is 1.26. The van der Waals surface area contributed by atoms with Gasteiger partial charge in [-0.05, 0) is 12.1 Å². The first-order valence-corrected chi connectivity index (χ1v) is 5.48. The van der Waals surface area contributed by atoms with Crippen LogP contribution in [0.1, 0.15) is 20.8 Å². The maximum atomic E-state index is 11.9. The van der Waals surface area contributed by atoms with Gasteiger partial charge in [0.25, 0.3) is 5.91 Å². The second kappa shape index (κ2) is 5.94. The first kappa shape index (κ1) is 14.6. The van der Waals surface area contributed by atoms with Crippen molar-refractivity contribution in [2.75, 3.05) is 27.7 Å². The Balaban J connectivity index is 2.77. The molecular formula is C12H15N3O4. The van der Waals surface area contributed by atoms with Crippen LogP contribution in [0, 0.1) is 0 Å². The molecule has 19 heavy (non-hydrogen) atoms. The minimum Gasteiger partial charge on any atom is -0.478 e. The summed E-state index contributed by atoms with van der Waals surface area (Å²) in [7, 11) is 4.68. The first-order chi connectivity index (χ1) is 8.82. The van der Waals surface area contributed by atoms with Crippen LogP contribution in [0.4, 0.5) is 0 Å². The van der Waals surface area contributed by atoms with E-state index in [2.05, 4.69) is 4.98 Å². The van der Waals surface area contributed by atoms with Gasteiger partial charge in [0, 0.05) is 27.3 Å². The van der Waals surface area contributed by atoms with Crippen molar-refractivity contribution in [2.45, 2.75) is 0 Å². The lowest BCUT2D eigenvalue weighted by molar-refractivity contribution is -0.129. The Hall–Kier alpha value is -2.44. The van der Waals surface area contributed by atoms with Crippen LogP contribution in [-0.4, -0.2) is 65.4 Å². The van der Waals surface area contributed by atoms with Gasteiger partial charge in [0.15, 0.2) is 0 Å². The quantitative estimate of drug-likeness (QED) is 0.823. The molecule has 0 fully saturated rings. The molecule has 102 valence electrons. The van der Waals surface area contributed by atoms with Crippen molar-refractivity contribution < 1.29 is 19.5 Å².